The molecule has 4 rings (SSSR count). The lowest BCUT2D eigenvalue weighted by Crippen LogP contribution is -2.50. The van der Waals surface area contributed by atoms with Crippen molar-refractivity contribution in [2.45, 2.75) is 13.8 Å². The van der Waals surface area contributed by atoms with Gasteiger partial charge in [0.05, 0.1) is 5.69 Å². The van der Waals surface area contributed by atoms with Gasteiger partial charge >= 0.3 is 6.03 Å². The summed E-state index contributed by atoms with van der Waals surface area (Å²) in [6.07, 6.45) is 0. The zero-order valence-electron chi connectivity index (χ0n) is 17.4. The number of urea groups is 1. The third kappa shape index (κ3) is 5.09. The fourth-order valence-electron chi connectivity index (χ4n) is 3.71. The number of anilines is 2. The van der Waals surface area contributed by atoms with Gasteiger partial charge in [-0.25, -0.2) is 4.79 Å². The van der Waals surface area contributed by atoms with Gasteiger partial charge in [0.15, 0.2) is 5.82 Å². The molecule has 6 nitrogen and oxygen atoms in total. The highest BCUT2D eigenvalue weighted by molar-refractivity contribution is 6.35. The maximum Gasteiger partial charge on any atom is 0.321 e. The zero-order chi connectivity index (χ0) is 22.0. The van der Waals surface area contributed by atoms with Crippen molar-refractivity contribution in [1.82, 2.24) is 15.1 Å². The molecule has 160 valence electrons. The maximum absolute atomic E-state index is 12.6. The second-order valence-electron chi connectivity index (χ2n) is 7.66. The lowest BCUT2D eigenvalue weighted by molar-refractivity contribution is 0.208. The first-order valence-corrected chi connectivity index (χ1v) is 10.8. The Kier molecular flexibility index (Phi) is 6.30. The molecule has 0 radical (unpaired) electrons. The highest BCUT2D eigenvalue weighted by atomic mass is 35.5. The monoisotopic (exact) mass is 455 g/mol. The molecule has 1 fully saturated rings. The summed E-state index contributed by atoms with van der Waals surface area (Å²) in [6, 6.07) is 15.1. The number of aromatic nitrogens is 2. The number of piperazine rings is 1. The molecule has 1 saturated heterocycles. The summed E-state index contributed by atoms with van der Waals surface area (Å²) in [5, 5.41) is 12.7. The standard InChI is InChI=1S/C23H23Cl2N5O/c1-15-3-4-20(16(2)11-15)21-5-6-22(28-27-21)29-7-9-30(10-8-29)23(31)26-19-13-17(24)12-18(25)14-19/h3-6,11-14H,7-10H2,1-2H3,(H,26,31). The van der Waals surface area contributed by atoms with Gasteiger partial charge in [0.25, 0.3) is 0 Å². The summed E-state index contributed by atoms with van der Waals surface area (Å²) < 4.78 is 0. The number of nitrogens with zero attached hydrogens (tertiary/aromatic N) is 4. The summed E-state index contributed by atoms with van der Waals surface area (Å²) in [5.74, 6) is 0.815. The molecule has 0 aliphatic carbocycles. The lowest BCUT2D eigenvalue weighted by Gasteiger charge is -2.35. The molecule has 1 N–H and O–H groups in total. The Bertz CT molecular complexity index is 1080. The van der Waals surface area contributed by atoms with E-state index in [9.17, 15) is 4.79 Å². The van der Waals surface area contributed by atoms with Crippen molar-refractivity contribution < 1.29 is 4.79 Å². The lowest BCUT2D eigenvalue weighted by atomic mass is 10.0. The van der Waals surface area contributed by atoms with Gasteiger partial charge in [0.1, 0.15) is 0 Å². The minimum absolute atomic E-state index is 0.172. The van der Waals surface area contributed by atoms with Crippen molar-refractivity contribution in [3.8, 4) is 11.3 Å². The number of amides is 2. The molecule has 2 amide bonds. The fourth-order valence-corrected chi connectivity index (χ4v) is 4.23. The van der Waals surface area contributed by atoms with Gasteiger partial charge in [-0.2, -0.15) is 0 Å². The van der Waals surface area contributed by atoms with Crippen molar-refractivity contribution in [3.05, 3.63) is 69.7 Å². The molecule has 1 aromatic heterocycles. The SMILES string of the molecule is Cc1ccc(-c2ccc(N3CCN(C(=O)Nc4cc(Cl)cc(Cl)c4)CC3)nn2)c(C)c1. The van der Waals surface area contributed by atoms with Gasteiger partial charge in [0.2, 0.25) is 0 Å². The minimum Gasteiger partial charge on any atom is -0.352 e. The fraction of sp³-hybridized carbons (Fsp3) is 0.261. The first-order chi connectivity index (χ1) is 14.9. The Morgan fingerprint density at radius 1 is 0.903 bits per heavy atom. The highest BCUT2D eigenvalue weighted by Crippen LogP contribution is 2.25. The molecule has 0 unspecified atom stereocenters. The van der Waals surface area contributed by atoms with Crippen LogP contribution in [-0.2, 0) is 0 Å². The van der Waals surface area contributed by atoms with Crippen LogP contribution in [-0.4, -0.2) is 47.3 Å². The van der Waals surface area contributed by atoms with Crippen LogP contribution in [0.5, 0.6) is 0 Å². The number of benzene rings is 2. The average Bonchev–Trinajstić information content (AvgIpc) is 2.73. The van der Waals surface area contributed by atoms with Crippen molar-refractivity contribution in [1.29, 1.82) is 0 Å². The van der Waals surface area contributed by atoms with Crippen molar-refractivity contribution in [3.63, 3.8) is 0 Å². The van der Waals surface area contributed by atoms with Crippen LogP contribution in [0.15, 0.2) is 48.5 Å². The Morgan fingerprint density at radius 2 is 1.61 bits per heavy atom. The normalized spacial score (nSPS) is 13.9. The van der Waals surface area contributed by atoms with Crippen molar-refractivity contribution >= 4 is 40.7 Å². The first kappa shape index (κ1) is 21.4. The van der Waals surface area contributed by atoms with Gasteiger partial charge in [-0.3, -0.25) is 0 Å². The Morgan fingerprint density at radius 3 is 2.23 bits per heavy atom. The molecular weight excluding hydrogens is 433 g/mol. The molecule has 1 aliphatic heterocycles. The van der Waals surface area contributed by atoms with E-state index in [0.717, 1.165) is 17.1 Å². The Labute approximate surface area is 191 Å². The second-order valence-corrected chi connectivity index (χ2v) is 8.53. The topological polar surface area (TPSA) is 61.4 Å². The van der Waals surface area contributed by atoms with E-state index in [4.69, 9.17) is 23.2 Å². The van der Waals surface area contributed by atoms with Gasteiger partial charge in [-0.1, -0.05) is 47.0 Å². The average molecular weight is 456 g/mol. The van der Waals surface area contributed by atoms with Crippen LogP contribution in [0.3, 0.4) is 0 Å². The summed E-state index contributed by atoms with van der Waals surface area (Å²) >= 11 is 12.0. The molecule has 0 atom stereocenters. The molecular formula is C23H23Cl2N5O. The van der Waals surface area contributed by atoms with Crippen LogP contribution in [0.1, 0.15) is 11.1 Å². The Hall–Kier alpha value is -2.83. The van der Waals surface area contributed by atoms with Gasteiger partial charge in [-0.15, -0.1) is 10.2 Å². The summed E-state index contributed by atoms with van der Waals surface area (Å²) in [6.45, 7) is 6.69. The number of nitrogens with one attached hydrogen (secondary N) is 1. The van der Waals surface area contributed by atoms with Crippen LogP contribution >= 0.6 is 23.2 Å². The molecule has 3 aromatic rings. The third-order valence-electron chi connectivity index (χ3n) is 5.31. The minimum atomic E-state index is -0.172. The number of aryl methyl sites for hydroxylation is 2. The number of carbonyl (C=O) groups excluding carboxylic acids is 1. The van der Waals surface area contributed by atoms with Crippen LogP contribution in [0, 0.1) is 13.8 Å². The predicted octanol–water partition coefficient (Wildman–Crippen LogP) is 5.42. The smallest absolute Gasteiger partial charge is 0.321 e. The number of hydrogen-bond acceptors (Lipinski definition) is 4. The van der Waals surface area contributed by atoms with E-state index in [1.807, 2.05) is 12.1 Å². The maximum atomic E-state index is 12.6. The predicted molar refractivity (Wildman–Crippen MR) is 126 cm³/mol. The summed E-state index contributed by atoms with van der Waals surface area (Å²) in [7, 11) is 0. The molecule has 31 heavy (non-hydrogen) atoms. The molecule has 1 aliphatic rings. The van der Waals surface area contributed by atoms with E-state index >= 15 is 0 Å². The van der Waals surface area contributed by atoms with Gasteiger partial charge < -0.3 is 15.1 Å². The summed E-state index contributed by atoms with van der Waals surface area (Å²) in [4.78, 5) is 16.5. The van der Waals surface area contributed by atoms with E-state index < -0.39 is 0 Å². The van der Waals surface area contributed by atoms with E-state index in [1.165, 1.54) is 11.1 Å². The van der Waals surface area contributed by atoms with Crippen LogP contribution in [0.25, 0.3) is 11.3 Å². The number of halogens is 2. The van der Waals surface area contributed by atoms with E-state index in [-0.39, 0.29) is 6.03 Å². The van der Waals surface area contributed by atoms with Crippen molar-refractivity contribution in [2.75, 3.05) is 36.4 Å². The highest BCUT2D eigenvalue weighted by Gasteiger charge is 2.22. The third-order valence-corrected chi connectivity index (χ3v) is 5.75. The van der Waals surface area contributed by atoms with Crippen molar-refractivity contribution in [2.24, 2.45) is 0 Å². The number of carbonyl (C=O) groups is 1. The first-order valence-electron chi connectivity index (χ1n) is 10.1. The quantitative estimate of drug-likeness (QED) is 0.572. The number of rotatable bonds is 3. The molecule has 2 aromatic carbocycles. The Balaban J connectivity index is 1.36. The van der Waals surface area contributed by atoms with Gasteiger partial charge in [-0.05, 0) is 49.7 Å². The van der Waals surface area contributed by atoms with E-state index in [0.29, 0.717) is 41.9 Å². The van der Waals surface area contributed by atoms with E-state index in [1.54, 1.807) is 23.1 Å². The van der Waals surface area contributed by atoms with Crippen LogP contribution in [0.2, 0.25) is 10.0 Å². The van der Waals surface area contributed by atoms with Gasteiger partial charge in [0, 0.05) is 47.5 Å². The summed E-state index contributed by atoms with van der Waals surface area (Å²) in [5.41, 5.74) is 4.94. The van der Waals surface area contributed by atoms with E-state index in [2.05, 4.69) is 52.5 Å². The van der Waals surface area contributed by atoms with Crippen LogP contribution in [0.4, 0.5) is 16.3 Å². The largest absolute Gasteiger partial charge is 0.352 e. The molecule has 8 heteroatoms. The zero-order valence-corrected chi connectivity index (χ0v) is 18.9. The van der Waals surface area contributed by atoms with Crippen LogP contribution < -0.4 is 10.2 Å². The molecule has 0 saturated carbocycles. The molecule has 2 heterocycles. The number of hydrogen-bond donors (Lipinski definition) is 1. The molecule has 0 spiro atoms. The second kappa shape index (κ2) is 9.12. The molecule has 0 bridgehead atoms.